The van der Waals surface area contributed by atoms with Crippen LogP contribution in [-0.2, 0) is 10.0 Å². The third-order valence-electron chi connectivity index (χ3n) is 2.65. The second kappa shape index (κ2) is 6.15. The van der Waals surface area contributed by atoms with E-state index >= 15 is 0 Å². The Bertz CT molecular complexity index is 483. The highest BCUT2D eigenvalue weighted by Gasteiger charge is 2.23. The number of halogens is 1. The molecule has 0 fully saturated rings. The first-order valence-corrected chi connectivity index (χ1v) is 7.42. The Morgan fingerprint density at radius 3 is 2.44 bits per heavy atom. The number of hydrogen-bond donors (Lipinski definition) is 1. The molecule has 0 amide bonds. The van der Waals surface area contributed by atoms with Gasteiger partial charge in [-0.25, -0.2) is 12.8 Å². The average Bonchev–Trinajstić information content (AvgIpc) is 2.28. The van der Waals surface area contributed by atoms with Gasteiger partial charge in [-0.3, -0.25) is 0 Å². The zero-order valence-corrected chi connectivity index (χ0v) is 11.5. The molecule has 0 spiro atoms. The van der Waals surface area contributed by atoms with E-state index in [4.69, 9.17) is 5.73 Å². The quantitative estimate of drug-likeness (QED) is 0.809. The number of nitrogens with two attached hydrogens (primary N) is 1. The summed E-state index contributed by atoms with van der Waals surface area (Å²) in [6.07, 6.45) is 1.68. The Morgan fingerprint density at radius 2 is 1.94 bits per heavy atom. The van der Waals surface area contributed by atoms with Gasteiger partial charge >= 0.3 is 0 Å². The summed E-state index contributed by atoms with van der Waals surface area (Å²) < 4.78 is 39.1. The highest BCUT2D eigenvalue weighted by atomic mass is 32.2. The van der Waals surface area contributed by atoms with Gasteiger partial charge in [-0.1, -0.05) is 20.3 Å². The van der Waals surface area contributed by atoms with Crippen LogP contribution in [0.1, 0.15) is 26.7 Å². The predicted molar refractivity (Wildman–Crippen MR) is 70.2 cm³/mol. The van der Waals surface area contributed by atoms with Crippen LogP contribution < -0.4 is 5.73 Å². The lowest BCUT2D eigenvalue weighted by atomic mass is 10.3. The summed E-state index contributed by atoms with van der Waals surface area (Å²) in [4.78, 5) is -0.0852. The van der Waals surface area contributed by atoms with Gasteiger partial charge in [0.05, 0.1) is 4.90 Å². The first-order chi connectivity index (χ1) is 8.41. The first-order valence-electron chi connectivity index (χ1n) is 5.98. The van der Waals surface area contributed by atoms with Gasteiger partial charge in [0, 0.05) is 18.8 Å². The Kier molecular flexibility index (Phi) is 5.10. The van der Waals surface area contributed by atoms with Crippen molar-refractivity contribution in [1.82, 2.24) is 4.31 Å². The van der Waals surface area contributed by atoms with E-state index < -0.39 is 15.8 Å². The van der Waals surface area contributed by atoms with Crippen LogP contribution >= 0.6 is 0 Å². The van der Waals surface area contributed by atoms with Crippen molar-refractivity contribution in [2.24, 2.45) is 0 Å². The molecule has 0 saturated heterocycles. The zero-order chi connectivity index (χ0) is 13.8. The van der Waals surface area contributed by atoms with Gasteiger partial charge < -0.3 is 5.73 Å². The van der Waals surface area contributed by atoms with Crippen LogP contribution in [0.3, 0.4) is 0 Å². The maximum absolute atomic E-state index is 13.2. The molecular weight excluding hydrogens is 255 g/mol. The largest absolute Gasteiger partial charge is 0.399 e. The minimum absolute atomic E-state index is 0.0852. The van der Waals surface area contributed by atoms with Crippen molar-refractivity contribution in [3.8, 4) is 0 Å². The van der Waals surface area contributed by atoms with E-state index in [1.807, 2.05) is 6.92 Å². The minimum atomic E-state index is -3.66. The SMILES string of the molecule is CCCCN(CC)S(=O)(=O)c1cc(N)cc(F)c1. The molecule has 0 radical (unpaired) electrons. The summed E-state index contributed by atoms with van der Waals surface area (Å²) in [5.41, 5.74) is 5.59. The van der Waals surface area contributed by atoms with Gasteiger partial charge in [0.25, 0.3) is 0 Å². The van der Waals surface area contributed by atoms with Gasteiger partial charge in [-0.15, -0.1) is 0 Å². The van der Waals surface area contributed by atoms with E-state index in [1.54, 1.807) is 6.92 Å². The molecule has 102 valence electrons. The number of benzene rings is 1. The van der Waals surface area contributed by atoms with Crippen molar-refractivity contribution in [2.45, 2.75) is 31.6 Å². The standard InChI is InChI=1S/C12H19FN2O2S/c1-3-5-6-15(4-2)18(16,17)12-8-10(13)7-11(14)9-12/h7-9H,3-6,14H2,1-2H3. The Morgan fingerprint density at radius 1 is 1.28 bits per heavy atom. The summed E-state index contributed by atoms with van der Waals surface area (Å²) in [5, 5.41) is 0. The number of anilines is 1. The van der Waals surface area contributed by atoms with Crippen molar-refractivity contribution in [2.75, 3.05) is 18.8 Å². The summed E-state index contributed by atoms with van der Waals surface area (Å²) in [7, 11) is -3.66. The van der Waals surface area contributed by atoms with Crippen LogP contribution in [0.25, 0.3) is 0 Å². The monoisotopic (exact) mass is 274 g/mol. The zero-order valence-electron chi connectivity index (χ0n) is 10.7. The third kappa shape index (κ3) is 3.43. The van der Waals surface area contributed by atoms with Crippen LogP contribution in [0.4, 0.5) is 10.1 Å². The van der Waals surface area contributed by atoms with Crippen molar-refractivity contribution in [1.29, 1.82) is 0 Å². The molecule has 0 heterocycles. The lowest BCUT2D eigenvalue weighted by Gasteiger charge is -2.20. The van der Waals surface area contributed by atoms with Gasteiger partial charge in [0.15, 0.2) is 0 Å². The molecule has 0 aromatic heterocycles. The lowest BCUT2D eigenvalue weighted by molar-refractivity contribution is 0.418. The molecule has 0 aliphatic heterocycles. The summed E-state index contributed by atoms with van der Waals surface area (Å²) >= 11 is 0. The third-order valence-corrected chi connectivity index (χ3v) is 4.60. The van der Waals surface area contributed by atoms with Crippen molar-refractivity contribution in [3.05, 3.63) is 24.0 Å². The first kappa shape index (κ1) is 14.9. The average molecular weight is 274 g/mol. The number of unbranched alkanes of at least 4 members (excludes halogenated alkanes) is 1. The van der Waals surface area contributed by atoms with Crippen molar-refractivity contribution < 1.29 is 12.8 Å². The normalized spacial score (nSPS) is 12.0. The van der Waals surface area contributed by atoms with E-state index in [0.717, 1.165) is 25.0 Å². The minimum Gasteiger partial charge on any atom is -0.399 e. The highest BCUT2D eigenvalue weighted by molar-refractivity contribution is 7.89. The maximum atomic E-state index is 13.2. The van der Waals surface area contributed by atoms with Gasteiger partial charge in [0.2, 0.25) is 10.0 Å². The highest BCUT2D eigenvalue weighted by Crippen LogP contribution is 2.20. The van der Waals surface area contributed by atoms with Crippen molar-refractivity contribution >= 4 is 15.7 Å². The summed E-state index contributed by atoms with van der Waals surface area (Å²) in [6.45, 7) is 4.54. The molecule has 0 bridgehead atoms. The number of nitrogen functional groups attached to an aromatic ring is 1. The number of sulfonamides is 1. The Hall–Kier alpha value is -1.14. The molecule has 1 aromatic carbocycles. The Balaban J connectivity index is 3.10. The fraction of sp³-hybridized carbons (Fsp3) is 0.500. The Labute approximate surface area is 108 Å². The van der Waals surface area contributed by atoms with Crippen LogP contribution in [0.2, 0.25) is 0 Å². The molecule has 0 aliphatic carbocycles. The van der Waals surface area contributed by atoms with Crippen LogP contribution in [0.15, 0.2) is 23.1 Å². The molecule has 0 saturated carbocycles. The number of hydrogen-bond acceptors (Lipinski definition) is 3. The maximum Gasteiger partial charge on any atom is 0.243 e. The summed E-state index contributed by atoms with van der Waals surface area (Å²) in [5.74, 6) is -0.639. The predicted octanol–water partition coefficient (Wildman–Crippen LogP) is 2.22. The van der Waals surface area contributed by atoms with Crippen molar-refractivity contribution in [3.63, 3.8) is 0 Å². The molecule has 1 rings (SSSR count). The second-order valence-electron chi connectivity index (χ2n) is 4.07. The molecule has 18 heavy (non-hydrogen) atoms. The topological polar surface area (TPSA) is 63.4 Å². The molecule has 4 nitrogen and oxygen atoms in total. The van der Waals surface area contributed by atoms with Gasteiger partial charge in [-0.2, -0.15) is 4.31 Å². The van der Waals surface area contributed by atoms with E-state index in [2.05, 4.69) is 0 Å². The molecule has 6 heteroatoms. The van der Waals surface area contributed by atoms with E-state index in [-0.39, 0.29) is 10.6 Å². The van der Waals surface area contributed by atoms with E-state index in [0.29, 0.717) is 13.1 Å². The van der Waals surface area contributed by atoms with Crippen LogP contribution in [-0.4, -0.2) is 25.8 Å². The fourth-order valence-corrected chi connectivity index (χ4v) is 3.22. The van der Waals surface area contributed by atoms with Crippen LogP contribution in [0.5, 0.6) is 0 Å². The smallest absolute Gasteiger partial charge is 0.243 e. The molecule has 0 unspecified atom stereocenters. The molecule has 0 aliphatic rings. The molecule has 1 aromatic rings. The molecule has 2 N–H and O–H groups in total. The number of rotatable bonds is 6. The molecule has 0 atom stereocenters. The molecular formula is C12H19FN2O2S. The van der Waals surface area contributed by atoms with Gasteiger partial charge in [-0.05, 0) is 24.6 Å². The van der Waals surface area contributed by atoms with E-state index in [1.165, 1.54) is 10.4 Å². The lowest BCUT2D eigenvalue weighted by Crippen LogP contribution is -2.32. The number of nitrogens with zero attached hydrogens (tertiary/aromatic N) is 1. The van der Waals surface area contributed by atoms with Gasteiger partial charge in [0.1, 0.15) is 5.82 Å². The fourth-order valence-electron chi connectivity index (χ4n) is 1.67. The van der Waals surface area contributed by atoms with Crippen LogP contribution in [0, 0.1) is 5.82 Å². The van der Waals surface area contributed by atoms with E-state index in [9.17, 15) is 12.8 Å². The second-order valence-corrected chi connectivity index (χ2v) is 6.01. The summed E-state index contributed by atoms with van der Waals surface area (Å²) in [6, 6.07) is 3.38.